The van der Waals surface area contributed by atoms with E-state index in [4.69, 9.17) is 15.7 Å². The molecule has 0 amide bonds. The Morgan fingerprint density at radius 1 is 1.29 bits per heavy atom. The lowest BCUT2D eigenvalue weighted by Gasteiger charge is -2.06. The van der Waals surface area contributed by atoms with Crippen molar-refractivity contribution >= 4 is 11.6 Å². The third-order valence-corrected chi connectivity index (χ3v) is 2.83. The highest BCUT2D eigenvalue weighted by atomic mass is 35.5. The largest absolute Gasteiger partial charge is 0.494 e. The Labute approximate surface area is 109 Å². The van der Waals surface area contributed by atoms with Crippen LogP contribution in [0.15, 0.2) is 42.5 Å². The molecule has 0 unspecified atom stereocenters. The van der Waals surface area contributed by atoms with E-state index in [1.54, 1.807) is 12.1 Å². The van der Waals surface area contributed by atoms with Gasteiger partial charge in [0.2, 0.25) is 0 Å². The van der Waals surface area contributed by atoms with Crippen LogP contribution in [0.25, 0.3) is 0 Å². The number of rotatable bonds is 3. The topological polar surface area (TPSA) is 9.23 Å². The maximum Gasteiger partial charge on any atom is 0.165 e. The number of hydrogen-bond donors (Lipinski definition) is 0. The van der Waals surface area contributed by atoms with Gasteiger partial charge in [-0.25, -0.2) is 4.39 Å². The van der Waals surface area contributed by atoms with Gasteiger partial charge in [0.05, 0.1) is 11.2 Å². The van der Waals surface area contributed by atoms with Gasteiger partial charge in [-0.1, -0.05) is 35.9 Å². The van der Waals surface area contributed by atoms with Crippen LogP contribution in [0.2, 0.25) is 5.02 Å². The third-order valence-electron chi connectivity index (χ3n) is 2.46. The van der Waals surface area contributed by atoms with Crippen molar-refractivity contribution in [1.82, 2.24) is 0 Å². The molecule has 0 fully saturated rings. The SMILES string of the molecule is [2H]C([2H])([2H])Oc1ccc(Cc2ccccc2Cl)cc1F. The molecule has 17 heavy (non-hydrogen) atoms. The fourth-order valence-corrected chi connectivity index (χ4v) is 1.80. The molecule has 0 aromatic heterocycles. The smallest absolute Gasteiger partial charge is 0.165 e. The van der Waals surface area contributed by atoms with Gasteiger partial charge < -0.3 is 4.74 Å². The van der Waals surface area contributed by atoms with E-state index in [2.05, 4.69) is 4.74 Å². The molecular formula is C14H12ClFO. The minimum atomic E-state index is -2.66. The summed E-state index contributed by atoms with van der Waals surface area (Å²) in [5, 5.41) is 0.607. The summed E-state index contributed by atoms with van der Waals surface area (Å²) in [5.74, 6) is -0.987. The number of ether oxygens (including phenoxy) is 1. The molecule has 0 saturated carbocycles. The van der Waals surface area contributed by atoms with E-state index in [1.807, 2.05) is 18.2 Å². The molecule has 3 heteroatoms. The summed E-state index contributed by atoms with van der Waals surface area (Å²) in [7, 11) is -2.66. The van der Waals surface area contributed by atoms with Crippen molar-refractivity contribution < 1.29 is 13.2 Å². The average Bonchev–Trinajstić information content (AvgIpc) is 2.34. The molecule has 0 atom stereocenters. The summed E-state index contributed by atoms with van der Waals surface area (Å²) in [5.41, 5.74) is 1.56. The van der Waals surface area contributed by atoms with Crippen molar-refractivity contribution in [2.75, 3.05) is 7.04 Å². The van der Waals surface area contributed by atoms with Gasteiger partial charge in [-0.3, -0.25) is 0 Å². The van der Waals surface area contributed by atoms with Crippen molar-refractivity contribution in [3.8, 4) is 5.75 Å². The number of benzene rings is 2. The van der Waals surface area contributed by atoms with E-state index >= 15 is 0 Å². The van der Waals surface area contributed by atoms with Crippen LogP contribution < -0.4 is 4.74 Å². The van der Waals surface area contributed by atoms with E-state index in [1.165, 1.54) is 12.1 Å². The zero-order valence-corrected chi connectivity index (χ0v) is 9.67. The molecule has 1 nitrogen and oxygen atoms in total. The second-order valence-corrected chi connectivity index (χ2v) is 4.04. The molecular weight excluding hydrogens is 239 g/mol. The number of halogens is 2. The normalized spacial score (nSPS) is 13.6. The molecule has 2 aromatic carbocycles. The molecule has 0 spiro atoms. The molecule has 88 valence electrons. The fraction of sp³-hybridized carbons (Fsp3) is 0.143. The van der Waals surface area contributed by atoms with Gasteiger partial charge in [-0.2, -0.15) is 0 Å². The van der Waals surface area contributed by atoms with Crippen LogP contribution in [0.5, 0.6) is 5.75 Å². The van der Waals surface area contributed by atoms with E-state index in [9.17, 15) is 4.39 Å². The van der Waals surface area contributed by atoms with E-state index < -0.39 is 12.9 Å². The first-order chi connectivity index (χ1) is 9.35. The predicted molar refractivity (Wildman–Crippen MR) is 67.2 cm³/mol. The van der Waals surface area contributed by atoms with Gasteiger partial charge in [-0.15, -0.1) is 0 Å². The maximum atomic E-state index is 13.8. The summed E-state index contributed by atoms with van der Waals surface area (Å²) >= 11 is 6.04. The Bertz CT molecular complexity index is 614. The first-order valence-corrected chi connectivity index (χ1v) is 5.44. The van der Waals surface area contributed by atoms with Crippen molar-refractivity contribution in [2.24, 2.45) is 0 Å². The Morgan fingerprint density at radius 2 is 2.12 bits per heavy atom. The minimum absolute atomic E-state index is 0.284. The summed E-state index contributed by atoms with van der Waals surface area (Å²) in [6, 6.07) is 11.5. The van der Waals surface area contributed by atoms with Crippen molar-refractivity contribution in [1.29, 1.82) is 0 Å². The standard InChI is InChI=1S/C14H12ClFO/c1-17-14-7-6-10(9-13(14)16)8-11-4-2-3-5-12(11)15/h2-7,9H,8H2,1H3/i1D3. The Hall–Kier alpha value is -1.54. The third kappa shape index (κ3) is 2.77. The fourth-order valence-electron chi connectivity index (χ4n) is 1.60. The molecule has 0 aliphatic heterocycles. The van der Waals surface area contributed by atoms with Crippen LogP contribution in [-0.4, -0.2) is 7.04 Å². The highest BCUT2D eigenvalue weighted by Crippen LogP contribution is 2.22. The minimum Gasteiger partial charge on any atom is -0.494 e. The summed E-state index contributed by atoms with van der Waals surface area (Å²) < 4.78 is 39.2. The molecule has 2 rings (SSSR count). The highest BCUT2D eigenvalue weighted by Gasteiger charge is 2.05. The summed E-state index contributed by atoms with van der Waals surface area (Å²) in [6.07, 6.45) is 0.463. The molecule has 0 heterocycles. The molecule has 0 radical (unpaired) electrons. The molecule has 0 aliphatic carbocycles. The predicted octanol–water partition coefficient (Wildman–Crippen LogP) is 4.08. The summed E-state index contributed by atoms with van der Waals surface area (Å²) in [4.78, 5) is 0. The molecule has 0 saturated heterocycles. The van der Waals surface area contributed by atoms with Crippen molar-refractivity contribution in [3.05, 3.63) is 64.4 Å². The lowest BCUT2D eigenvalue weighted by molar-refractivity contribution is 0.386. The van der Waals surface area contributed by atoms with Crippen molar-refractivity contribution in [3.63, 3.8) is 0 Å². The second-order valence-electron chi connectivity index (χ2n) is 3.64. The zero-order chi connectivity index (χ0) is 14.8. The number of methoxy groups -OCH3 is 1. The zero-order valence-electron chi connectivity index (χ0n) is 11.9. The molecule has 0 bridgehead atoms. The maximum absolute atomic E-state index is 13.8. The second kappa shape index (κ2) is 5.19. The van der Waals surface area contributed by atoms with Gasteiger partial charge in [0, 0.05) is 5.02 Å². The lowest BCUT2D eigenvalue weighted by Crippen LogP contribution is -1.93. The average molecular weight is 254 g/mol. The summed E-state index contributed by atoms with van der Waals surface area (Å²) in [6.45, 7) is 0. The Morgan fingerprint density at radius 3 is 2.82 bits per heavy atom. The van der Waals surface area contributed by atoms with Crippen LogP contribution in [0, 0.1) is 5.82 Å². The first kappa shape index (κ1) is 8.54. The van der Waals surface area contributed by atoms with Crippen LogP contribution >= 0.6 is 11.6 Å². The van der Waals surface area contributed by atoms with Gasteiger partial charge in [0.1, 0.15) is 0 Å². The van der Waals surface area contributed by atoms with E-state index in [0.29, 0.717) is 17.0 Å². The number of hydrogen-bond acceptors (Lipinski definition) is 1. The van der Waals surface area contributed by atoms with Gasteiger partial charge in [-0.05, 0) is 35.7 Å². The van der Waals surface area contributed by atoms with Crippen molar-refractivity contribution in [2.45, 2.75) is 6.42 Å². The lowest BCUT2D eigenvalue weighted by atomic mass is 10.0. The monoisotopic (exact) mass is 253 g/mol. The molecule has 0 N–H and O–H groups in total. The molecule has 0 aliphatic rings. The highest BCUT2D eigenvalue weighted by molar-refractivity contribution is 6.31. The van der Waals surface area contributed by atoms with E-state index in [-0.39, 0.29) is 5.75 Å². The molecule has 2 aromatic rings. The van der Waals surface area contributed by atoms with Crippen LogP contribution in [-0.2, 0) is 6.42 Å². The van der Waals surface area contributed by atoms with Crippen LogP contribution in [0.4, 0.5) is 4.39 Å². The van der Waals surface area contributed by atoms with Gasteiger partial charge >= 0.3 is 0 Å². The van der Waals surface area contributed by atoms with E-state index in [0.717, 1.165) is 5.56 Å². The first-order valence-electron chi connectivity index (χ1n) is 6.56. The van der Waals surface area contributed by atoms with Crippen LogP contribution in [0.3, 0.4) is 0 Å². The Kier molecular flexibility index (Phi) is 2.61. The quantitative estimate of drug-likeness (QED) is 0.801. The van der Waals surface area contributed by atoms with Crippen LogP contribution in [0.1, 0.15) is 15.2 Å². The van der Waals surface area contributed by atoms with Gasteiger partial charge in [0.15, 0.2) is 11.6 Å². The van der Waals surface area contributed by atoms with Gasteiger partial charge in [0.25, 0.3) is 0 Å². The Balaban J connectivity index is 2.19.